The zero-order chi connectivity index (χ0) is 12.8. The molecule has 3 fully saturated rings. The van der Waals surface area contributed by atoms with E-state index in [1.807, 2.05) is 0 Å². The van der Waals surface area contributed by atoms with Gasteiger partial charge in [-0.1, -0.05) is 0 Å². The number of hydrogen-bond donors (Lipinski definition) is 0. The molecule has 2 saturated heterocycles. The van der Waals surface area contributed by atoms with Crippen LogP contribution < -0.4 is 4.46 Å². The van der Waals surface area contributed by atoms with Gasteiger partial charge in [0.15, 0.2) is 0 Å². The minimum absolute atomic E-state index is 0.0935. The molecule has 1 saturated carbocycles. The molecule has 0 amide bonds. The fourth-order valence-electron chi connectivity index (χ4n) is 3.52. The maximum atomic E-state index is 6.46. The van der Waals surface area contributed by atoms with Gasteiger partial charge in [-0.2, -0.15) is 0 Å². The van der Waals surface area contributed by atoms with Crippen molar-refractivity contribution >= 4 is 19.4 Å². The first kappa shape index (κ1) is 12.7. The fourth-order valence-corrected chi connectivity index (χ4v) is 6.43. The quantitative estimate of drug-likeness (QED) is 0.763. The third kappa shape index (κ3) is 2.15. The molecular formula is C16H22OSe. The SMILES string of the molecule is CC1(C)O[C@@]2(C)CC[C@@H]1C[C@H]2[Se]c1ccccc1. The first-order valence-electron chi connectivity index (χ1n) is 6.91. The zero-order valence-corrected chi connectivity index (χ0v) is 13.2. The summed E-state index contributed by atoms with van der Waals surface area (Å²) in [6.07, 6.45) is 3.96. The molecule has 2 heteroatoms. The van der Waals surface area contributed by atoms with Gasteiger partial charge in [0.25, 0.3) is 0 Å². The monoisotopic (exact) mass is 310 g/mol. The molecule has 98 valence electrons. The van der Waals surface area contributed by atoms with Crippen molar-refractivity contribution in [1.82, 2.24) is 0 Å². The number of benzene rings is 1. The van der Waals surface area contributed by atoms with Crippen LogP contribution in [0.25, 0.3) is 0 Å². The van der Waals surface area contributed by atoms with Crippen LogP contribution in [-0.2, 0) is 4.74 Å². The molecule has 2 aliphatic heterocycles. The first-order chi connectivity index (χ1) is 8.50. The molecule has 1 aromatic rings. The van der Waals surface area contributed by atoms with Crippen molar-refractivity contribution in [3.05, 3.63) is 30.3 Å². The second-order valence-electron chi connectivity index (χ2n) is 6.41. The molecule has 0 aromatic heterocycles. The summed E-state index contributed by atoms with van der Waals surface area (Å²) in [7, 11) is 0. The van der Waals surface area contributed by atoms with Crippen LogP contribution in [-0.4, -0.2) is 26.2 Å². The Hall–Kier alpha value is -0.301. The molecule has 0 unspecified atom stereocenters. The molecule has 1 aliphatic carbocycles. The van der Waals surface area contributed by atoms with Gasteiger partial charge in [-0.3, -0.25) is 0 Å². The van der Waals surface area contributed by atoms with Gasteiger partial charge in [-0.25, -0.2) is 0 Å². The van der Waals surface area contributed by atoms with Crippen LogP contribution in [0.15, 0.2) is 30.3 Å². The van der Waals surface area contributed by atoms with E-state index in [-0.39, 0.29) is 11.2 Å². The zero-order valence-electron chi connectivity index (χ0n) is 11.5. The van der Waals surface area contributed by atoms with Crippen molar-refractivity contribution in [2.45, 2.75) is 56.1 Å². The second kappa shape index (κ2) is 4.37. The molecule has 1 aromatic carbocycles. The van der Waals surface area contributed by atoms with Crippen molar-refractivity contribution in [1.29, 1.82) is 0 Å². The van der Waals surface area contributed by atoms with Gasteiger partial charge in [0, 0.05) is 0 Å². The van der Waals surface area contributed by atoms with Gasteiger partial charge in [0.1, 0.15) is 0 Å². The van der Waals surface area contributed by atoms with Crippen LogP contribution in [0.5, 0.6) is 0 Å². The Morgan fingerprint density at radius 2 is 1.89 bits per heavy atom. The van der Waals surface area contributed by atoms with Crippen LogP contribution >= 0.6 is 0 Å². The van der Waals surface area contributed by atoms with E-state index in [9.17, 15) is 0 Å². The summed E-state index contributed by atoms with van der Waals surface area (Å²) in [5, 5.41) is 0. The van der Waals surface area contributed by atoms with Crippen LogP contribution in [0.1, 0.15) is 40.0 Å². The predicted molar refractivity (Wildman–Crippen MR) is 76.5 cm³/mol. The average Bonchev–Trinajstić information content (AvgIpc) is 2.31. The Morgan fingerprint density at radius 1 is 1.17 bits per heavy atom. The summed E-state index contributed by atoms with van der Waals surface area (Å²) in [6, 6.07) is 11.0. The van der Waals surface area contributed by atoms with Gasteiger partial charge in [-0.05, 0) is 0 Å². The van der Waals surface area contributed by atoms with E-state index < -0.39 is 0 Å². The van der Waals surface area contributed by atoms with Crippen LogP contribution in [0.3, 0.4) is 0 Å². The molecular weight excluding hydrogens is 287 g/mol. The Bertz CT molecular complexity index is 428. The van der Waals surface area contributed by atoms with Gasteiger partial charge in [0.2, 0.25) is 0 Å². The number of rotatable bonds is 2. The third-order valence-electron chi connectivity index (χ3n) is 4.67. The molecule has 3 atom stereocenters. The van der Waals surface area contributed by atoms with E-state index >= 15 is 0 Å². The summed E-state index contributed by atoms with van der Waals surface area (Å²) in [6.45, 7) is 6.90. The van der Waals surface area contributed by atoms with Crippen molar-refractivity contribution in [2.75, 3.05) is 0 Å². The van der Waals surface area contributed by atoms with Crippen LogP contribution in [0, 0.1) is 5.92 Å². The van der Waals surface area contributed by atoms with Gasteiger partial charge >= 0.3 is 116 Å². The molecule has 0 radical (unpaired) electrons. The average molecular weight is 309 g/mol. The summed E-state index contributed by atoms with van der Waals surface area (Å²) in [5.74, 6) is 0.759. The molecule has 0 spiro atoms. The van der Waals surface area contributed by atoms with E-state index in [1.165, 1.54) is 23.7 Å². The number of hydrogen-bond acceptors (Lipinski definition) is 1. The van der Waals surface area contributed by atoms with Crippen LogP contribution in [0.2, 0.25) is 4.82 Å². The molecule has 2 heterocycles. The van der Waals surface area contributed by atoms with Crippen molar-refractivity contribution < 1.29 is 4.74 Å². The summed E-state index contributed by atoms with van der Waals surface area (Å²) < 4.78 is 7.98. The summed E-state index contributed by atoms with van der Waals surface area (Å²) in [4.78, 5) is 0.749. The molecule has 2 bridgehead atoms. The van der Waals surface area contributed by atoms with E-state index in [0.717, 1.165) is 10.7 Å². The summed E-state index contributed by atoms with van der Waals surface area (Å²) in [5.41, 5.74) is 0.213. The molecule has 3 aliphatic rings. The van der Waals surface area contributed by atoms with Crippen LogP contribution in [0.4, 0.5) is 0 Å². The molecule has 0 N–H and O–H groups in total. The van der Waals surface area contributed by atoms with E-state index in [4.69, 9.17) is 4.74 Å². The minimum atomic E-state index is 0.0935. The van der Waals surface area contributed by atoms with E-state index in [2.05, 4.69) is 51.1 Å². The first-order valence-corrected chi connectivity index (χ1v) is 8.76. The van der Waals surface area contributed by atoms with Gasteiger partial charge < -0.3 is 0 Å². The Kier molecular flexibility index (Phi) is 3.09. The maximum absolute atomic E-state index is 6.46. The second-order valence-corrected chi connectivity index (χ2v) is 9.09. The Morgan fingerprint density at radius 3 is 2.50 bits per heavy atom. The fraction of sp³-hybridized carbons (Fsp3) is 0.625. The molecule has 1 nitrogen and oxygen atoms in total. The molecule has 4 rings (SSSR count). The normalized spacial score (nSPS) is 37.7. The van der Waals surface area contributed by atoms with Crippen molar-refractivity contribution in [3.8, 4) is 0 Å². The number of fused-ring (bicyclic) bond motifs is 3. The van der Waals surface area contributed by atoms with Gasteiger partial charge in [0.05, 0.1) is 0 Å². The topological polar surface area (TPSA) is 9.23 Å². The van der Waals surface area contributed by atoms with E-state index in [1.54, 1.807) is 0 Å². The predicted octanol–water partition coefficient (Wildman–Crippen LogP) is 3.17. The Labute approximate surface area is 116 Å². The number of ether oxygens (including phenoxy) is 1. The van der Waals surface area contributed by atoms with E-state index in [0.29, 0.717) is 15.0 Å². The van der Waals surface area contributed by atoms with Crippen molar-refractivity contribution in [3.63, 3.8) is 0 Å². The Balaban J connectivity index is 1.79. The standard InChI is InChI=1S/C16H22OSe/c1-15(2)12-9-10-16(3,17-15)14(11-12)18-13-7-5-4-6-8-13/h4-8,12,14H,9-11H2,1-3H3/t12-,14-,16+/m1/s1. The van der Waals surface area contributed by atoms with Crippen molar-refractivity contribution in [2.24, 2.45) is 5.92 Å². The molecule has 18 heavy (non-hydrogen) atoms. The van der Waals surface area contributed by atoms with Gasteiger partial charge in [-0.15, -0.1) is 0 Å². The third-order valence-corrected chi connectivity index (χ3v) is 7.86. The summed E-state index contributed by atoms with van der Waals surface area (Å²) >= 11 is 0.547.